The number of nitrogens with zero attached hydrogens (tertiary/aromatic N) is 1. The topological polar surface area (TPSA) is 24.5 Å². The van der Waals surface area contributed by atoms with Crippen molar-refractivity contribution in [3.63, 3.8) is 0 Å². The summed E-state index contributed by atoms with van der Waals surface area (Å²) in [6.07, 6.45) is 2.33. The Hall–Kier alpha value is -0.420. The molecule has 1 unspecified atom stereocenters. The number of nitrogens with one attached hydrogen (secondary N) is 1. The maximum Gasteiger partial charge on any atom is 0.0477 e. The van der Waals surface area contributed by atoms with Crippen molar-refractivity contribution in [2.75, 3.05) is 32.8 Å². The maximum absolute atomic E-state index is 5.34. The fraction of sp³-hybridized carbons (Fsp3) is 0.733. The number of thiophene rings is 1. The maximum atomic E-state index is 5.34. The highest BCUT2D eigenvalue weighted by molar-refractivity contribution is 7.10. The minimum Gasteiger partial charge on any atom is -0.382 e. The molecule has 0 radical (unpaired) electrons. The minimum absolute atomic E-state index is 0.611. The van der Waals surface area contributed by atoms with Gasteiger partial charge in [0.15, 0.2) is 0 Å². The lowest BCUT2D eigenvalue weighted by Gasteiger charge is -2.32. The lowest BCUT2D eigenvalue weighted by Crippen LogP contribution is -2.43. The third-order valence-electron chi connectivity index (χ3n) is 3.75. The second-order valence-electron chi connectivity index (χ2n) is 5.19. The van der Waals surface area contributed by atoms with Crippen molar-refractivity contribution in [2.45, 2.75) is 39.3 Å². The van der Waals surface area contributed by atoms with E-state index in [1.54, 1.807) is 10.4 Å². The quantitative estimate of drug-likeness (QED) is 0.742. The SMILES string of the molecule is CCOCCCNCC(C)N1CCc2sccc2C1. The van der Waals surface area contributed by atoms with E-state index in [1.807, 2.05) is 18.3 Å². The smallest absolute Gasteiger partial charge is 0.0477 e. The van der Waals surface area contributed by atoms with Crippen LogP contribution in [0.15, 0.2) is 11.4 Å². The van der Waals surface area contributed by atoms with Gasteiger partial charge in [0.2, 0.25) is 0 Å². The second-order valence-corrected chi connectivity index (χ2v) is 6.19. The van der Waals surface area contributed by atoms with E-state index in [-0.39, 0.29) is 0 Å². The van der Waals surface area contributed by atoms with Crippen LogP contribution in [-0.4, -0.2) is 43.8 Å². The molecular formula is C15H26N2OS. The van der Waals surface area contributed by atoms with E-state index in [2.05, 4.69) is 28.6 Å². The Morgan fingerprint density at radius 2 is 2.42 bits per heavy atom. The zero-order chi connectivity index (χ0) is 13.5. The third kappa shape index (κ3) is 4.56. The summed E-state index contributed by atoms with van der Waals surface area (Å²) in [6, 6.07) is 2.90. The van der Waals surface area contributed by atoms with Crippen LogP contribution in [0.1, 0.15) is 30.7 Å². The van der Waals surface area contributed by atoms with Crippen LogP contribution in [0.25, 0.3) is 0 Å². The lowest BCUT2D eigenvalue weighted by molar-refractivity contribution is 0.143. The molecule has 0 amide bonds. The second kappa shape index (κ2) is 8.00. The molecule has 3 nitrogen and oxygen atoms in total. The molecule has 0 aliphatic carbocycles. The molecule has 19 heavy (non-hydrogen) atoms. The van der Waals surface area contributed by atoms with Crippen LogP contribution in [0.5, 0.6) is 0 Å². The Kier molecular flexibility index (Phi) is 6.31. The molecule has 1 N–H and O–H groups in total. The van der Waals surface area contributed by atoms with Crippen molar-refractivity contribution in [1.82, 2.24) is 10.2 Å². The molecule has 0 aromatic carbocycles. The van der Waals surface area contributed by atoms with Gasteiger partial charge in [0.05, 0.1) is 0 Å². The molecule has 1 aromatic rings. The van der Waals surface area contributed by atoms with Crippen LogP contribution >= 0.6 is 11.3 Å². The summed E-state index contributed by atoms with van der Waals surface area (Å²) in [5, 5.41) is 5.77. The minimum atomic E-state index is 0.611. The van der Waals surface area contributed by atoms with E-state index in [4.69, 9.17) is 4.74 Å². The van der Waals surface area contributed by atoms with Gasteiger partial charge in [-0.2, -0.15) is 0 Å². The Morgan fingerprint density at radius 3 is 3.26 bits per heavy atom. The van der Waals surface area contributed by atoms with Crippen molar-refractivity contribution >= 4 is 11.3 Å². The van der Waals surface area contributed by atoms with Crippen molar-refractivity contribution in [2.24, 2.45) is 0 Å². The number of rotatable bonds is 8. The summed E-state index contributed by atoms with van der Waals surface area (Å²) in [6.45, 7) is 10.5. The number of fused-ring (bicyclic) bond motifs is 1. The van der Waals surface area contributed by atoms with Crippen LogP contribution < -0.4 is 5.32 Å². The molecule has 1 aliphatic rings. The first-order valence-electron chi connectivity index (χ1n) is 7.39. The van der Waals surface area contributed by atoms with Gasteiger partial charge in [0.25, 0.3) is 0 Å². The first-order valence-corrected chi connectivity index (χ1v) is 8.27. The first-order chi connectivity index (χ1) is 9.31. The van der Waals surface area contributed by atoms with Crippen molar-refractivity contribution in [3.8, 4) is 0 Å². The summed E-state index contributed by atoms with van der Waals surface area (Å²) in [5.74, 6) is 0. The zero-order valence-corrected chi connectivity index (χ0v) is 13.0. The highest BCUT2D eigenvalue weighted by atomic mass is 32.1. The van der Waals surface area contributed by atoms with Gasteiger partial charge in [-0.15, -0.1) is 11.3 Å². The van der Waals surface area contributed by atoms with Crippen LogP contribution in [-0.2, 0) is 17.7 Å². The van der Waals surface area contributed by atoms with Gasteiger partial charge >= 0.3 is 0 Å². The summed E-state index contributed by atoms with van der Waals surface area (Å²) in [4.78, 5) is 4.18. The molecule has 2 heterocycles. The van der Waals surface area contributed by atoms with E-state index in [1.165, 1.54) is 13.0 Å². The average Bonchev–Trinajstić information content (AvgIpc) is 2.89. The molecule has 0 saturated heterocycles. The zero-order valence-electron chi connectivity index (χ0n) is 12.2. The van der Waals surface area contributed by atoms with Crippen molar-refractivity contribution < 1.29 is 4.74 Å². The summed E-state index contributed by atoms with van der Waals surface area (Å²) in [7, 11) is 0. The molecule has 4 heteroatoms. The third-order valence-corrected chi connectivity index (χ3v) is 4.77. The molecule has 0 bridgehead atoms. The van der Waals surface area contributed by atoms with E-state index in [0.29, 0.717) is 6.04 Å². The summed E-state index contributed by atoms with van der Waals surface area (Å²) in [5.41, 5.74) is 1.54. The van der Waals surface area contributed by atoms with Crippen molar-refractivity contribution in [3.05, 3.63) is 21.9 Å². The fourth-order valence-electron chi connectivity index (χ4n) is 2.53. The molecule has 1 atom stereocenters. The van der Waals surface area contributed by atoms with E-state index >= 15 is 0 Å². The average molecular weight is 282 g/mol. The molecule has 108 valence electrons. The molecule has 0 saturated carbocycles. The van der Waals surface area contributed by atoms with Crippen LogP contribution in [0.4, 0.5) is 0 Å². The Bertz CT molecular complexity index is 367. The Balaban J connectivity index is 1.63. The summed E-state index contributed by atoms with van der Waals surface area (Å²) >= 11 is 1.91. The summed E-state index contributed by atoms with van der Waals surface area (Å²) < 4.78 is 5.34. The van der Waals surface area contributed by atoms with Gasteiger partial charge in [-0.05, 0) is 50.2 Å². The molecule has 0 fully saturated rings. The number of hydrogen-bond acceptors (Lipinski definition) is 4. The van der Waals surface area contributed by atoms with Gasteiger partial charge in [-0.25, -0.2) is 0 Å². The first kappa shape index (κ1) is 15.0. The lowest BCUT2D eigenvalue weighted by atomic mass is 10.1. The highest BCUT2D eigenvalue weighted by Gasteiger charge is 2.20. The Labute approximate surface area is 121 Å². The van der Waals surface area contributed by atoms with Gasteiger partial charge in [-0.3, -0.25) is 4.90 Å². The normalized spacial score (nSPS) is 17.4. The van der Waals surface area contributed by atoms with Crippen LogP contribution in [0.2, 0.25) is 0 Å². The standard InChI is InChI=1S/C15H26N2OS/c1-3-18-9-4-7-16-11-13(2)17-8-5-15-14(12-17)6-10-19-15/h6,10,13,16H,3-5,7-9,11-12H2,1-2H3. The predicted molar refractivity (Wildman–Crippen MR) is 81.9 cm³/mol. The van der Waals surface area contributed by atoms with Gasteiger partial charge in [0, 0.05) is 43.8 Å². The Morgan fingerprint density at radius 1 is 1.53 bits per heavy atom. The predicted octanol–water partition coefficient (Wildman–Crippen LogP) is 2.51. The van der Waals surface area contributed by atoms with E-state index < -0.39 is 0 Å². The molecule has 0 spiro atoms. The van der Waals surface area contributed by atoms with Crippen LogP contribution in [0, 0.1) is 0 Å². The molecular weight excluding hydrogens is 256 g/mol. The molecule has 1 aliphatic heterocycles. The fourth-order valence-corrected chi connectivity index (χ4v) is 3.42. The highest BCUT2D eigenvalue weighted by Crippen LogP contribution is 2.24. The van der Waals surface area contributed by atoms with Gasteiger partial charge < -0.3 is 10.1 Å². The van der Waals surface area contributed by atoms with E-state index in [9.17, 15) is 0 Å². The van der Waals surface area contributed by atoms with E-state index in [0.717, 1.165) is 39.3 Å². The number of ether oxygens (including phenoxy) is 1. The van der Waals surface area contributed by atoms with Gasteiger partial charge in [-0.1, -0.05) is 0 Å². The number of hydrogen-bond donors (Lipinski definition) is 1. The van der Waals surface area contributed by atoms with Crippen LogP contribution in [0.3, 0.4) is 0 Å². The monoisotopic (exact) mass is 282 g/mol. The largest absolute Gasteiger partial charge is 0.382 e. The van der Waals surface area contributed by atoms with Crippen molar-refractivity contribution in [1.29, 1.82) is 0 Å². The molecule has 2 rings (SSSR count). The molecule has 1 aromatic heterocycles. The van der Waals surface area contributed by atoms with Gasteiger partial charge in [0.1, 0.15) is 0 Å².